The Kier molecular flexibility index (Phi) is 15.9. The van der Waals surface area contributed by atoms with Gasteiger partial charge >= 0.3 is 5.51 Å². The van der Waals surface area contributed by atoms with Gasteiger partial charge in [-0.05, 0) is 128 Å². The smallest absolute Gasteiger partial charge is 0.393 e. The third-order valence-electron chi connectivity index (χ3n) is 13.3. The van der Waals surface area contributed by atoms with E-state index in [1.807, 2.05) is 73.1 Å². The van der Waals surface area contributed by atoms with Gasteiger partial charge in [0.2, 0.25) is 0 Å². The molecule has 382 valence electrons. The summed E-state index contributed by atoms with van der Waals surface area (Å²) in [6.07, 6.45) is 1.23. The average Bonchev–Trinajstić information content (AvgIpc) is 3.64. The van der Waals surface area contributed by atoms with Crippen molar-refractivity contribution in [1.82, 2.24) is 14.8 Å². The zero-order chi connectivity index (χ0) is 51.4. The predicted molar refractivity (Wildman–Crippen MR) is 277 cm³/mol. The lowest BCUT2D eigenvalue weighted by molar-refractivity contribution is -0.0435. The maximum Gasteiger partial charge on any atom is 0.501 e. The van der Waals surface area contributed by atoms with Gasteiger partial charge in [-0.25, -0.2) is 21.2 Å². The first-order valence-electron chi connectivity index (χ1n) is 23.5. The molecule has 1 aromatic heterocycles. The number of piperidine rings is 1. The van der Waals surface area contributed by atoms with Crippen molar-refractivity contribution in [1.29, 1.82) is 0 Å². The van der Waals surface area contributed by atoms with Crippen molar-refractivity contribution < 1.29 is 44.3 Å². The van der Waals surface area contributed by atoms with Gasteiger partial charge in [0, 0.05) is 105 Å². The molecule has 13 nitrogen and oxygen atoms in total. The number of piperazine rings is 1. The standard InChI is InChI=1S/C52H57F4N7O6S3/c1-35-48(51(65)57-2)49(50(60(35)3)36-12-14-38(53)15-13-36)37-8-7-9-42(32-37)63-30-28-62(29-31-63)41-18-16-39(17-19-41)59-72(68,69)45-20-21-46(47(33-45)71(66,67)52(54,55)56)58-40(34-70-44-10-5-4-6-11-44)22-25-61-26-23-43(64)24-27-61/h4-21,32-33,40,43,58-59,64H,22-31,34H2,1-3H3,(H,57,65). The summed E-state index contributed by atoms with van der Waals surface area (Å²) in [5.74, 6) is -0.235. The molecule has 0 saturated carbocycles. The molecule has 2 fully saturated rings. The van der Waals surface area contributed by atoms with E-state index in [9.17, 15) is 44.3 Å². The summed E-state index contributed by atoms with van der Waals surface area (Å²) in [4.78, 5) is 18.9. The fourth-order valence-corrected chi connectivity index (χ4v) is 12.3. The van der Waals surface area contributed by atoms with Crippen LogP contribution in [0.5, 0.6) is 0 Å². The van der Waals surface area contributed by atoms with Crippen LogP contribution < -0.4 is 25.2 Å². The van der Waals surface area contributed by atoms with Crippen molar-refractivity contribution in [3.8, 4) is 22.4 Å². The number of aromatic nitrogens is 1. The number of halogens is 4. The molecule has 8 rings (SSSR count). The van der Waals surface area contributed by atoms with Crippen molar-refractivity contribution in [3.05, 3.63) is 138 Å². The number of carbonyl (C=O) groups is 1. The normalized spacial score (nSPS) is 15.6. The van der Waals surface area contributed by atoms with E-state index in [0.29, 0.717) is 82.5 Å². The minimum Gasteiger partial charge on any atom is -0.393 e. The Balaban J connectivity index is 0.963. The summed E-state index contributed by atoms with van der Waals surface area (Å²) in [6, 6.07) is 32.2. The molecule has 2 saturated heterocycles. The van der Waals surface area contributed by atoms with Gasteiger partial charge in [-0.2, -0.15) is 13.2 Å². The van der Waals surface area contributed by atoms with Crippen LogP contribution >= 0.6 is 11.8 Å². The number of hydrogen-bond acceptors (Lipinski definition) is 11. The second-order valence-electron chi connectivity index (χ2n) is 17.9. The van der Waals surface area contributed by atoms with Crippen LogP contribution in [0.4, 0.5) is 40.3 Å². The number of anilines is 4. The molecule has 2 aliphatic heterocycles. The van der Waals surface area contributed by atoms with Crippen molar-refractivity contribution in [2.45, 2.75) is 58.5 Å². The maximum atomic E-state index is 14.3. The van der Waals surface area contributed by atoms with Gasteiger partial charge in [0.1, 0.15) is 10.7 Å². The fraction of sp³-hybridized carbons (Fsp3) is 0.327. The molecular formula is C52H57F4N7O6S3. The minimum atomic E-state index is -6.03. The second kappa shape index (κ2) is 22.0. The largest absolute Gasteiger partial charge is 0.501 e. The van der Waals surface area contributed by atoms with Crippen LogP contribution in [0.3, 0.4) is 0 Å². The van der Waals surface area contributed by atoms with E-state index in [0.717, 1.165) is 56.5 Å². The van der Waals surface area contributed by atoms with E-state index in [2.05, 4.69) is 30.1 Å². The zero-order valence-electron chi connectivity index (χ0n) is 40.0. The van der Waals surface area contributed by atoms with E-state index < -0.39 is 41.2 Å². The van der Waals surface area contributed by atoms with Gasteiger partial charge in [0.15, 0.2) is 0 Å². The molecule has 0 bridgehead atoms. The van der Waals surface area contributed by atoms with Crippen LogP contribution in [0.15, 0.2) is 136 Å². The van der Waals surface area contributed by atoms with Gasteiger partial charge in [0.05, 0.1) is 27.9 Å². The highest BCUT2D eigenvalue weighted by molar-refractivity contribution is 7.99. The predicted octanol–water partition coefficient (Wildman–Crippen LogP) is 9.01. The quantitative estimate of drug-likeness (QED) is 0.0511. The van der Waals surface area contributed by atoms with Crippen LogP contribution in [0, 0.1) is 12.7 Å². The Bertz CT molecular complexity index is 3090. The summed E-state index contributed by atoms with van der Waals surface area (Å²) >= 11 is 1.45. The SMILES string of the molecule is CNC(=O)c1c(-c2cccc(N3CCN(c4ccc(NS(=O)(=O)c5ccc(NC(CCN6CCC(O)CC6)CSc6ccccc6)c(S(=O)(=O)C(F)(F)F)c5)cc4)CC3)c2)c(-c2ccc(F)cc2)n(C)c1C. The van der Waals surface area contributed by atoms with Gasteiger partial charge in [-0.15, -0.1) is 11.8 Å². The number of alkyl halides is 3. The number of nitrogens with zero attached hydrogens (tertiary/aromatic N) is 4. The summed E-state index contributed by atoms with van der Waals surface area (Å²) < 4.78 is 115. The van der Waals surface area contributed by atoms with E-state index in [4.69, 9.17) is 0 Å². The van der Waals surface area contributed by atoms with E-state index in [-0.39, 0.29) is 29.2 Å². The number of nitrogens with one attached hydrogen (secondary N) is 3. The Morgan fingerprint density at radius 3 is 2.08 bits per heavy atom. The van der Waals surface area contributed by atoms with Crippen molar-refractivity contribution >= 4 is 60.3 Å². The highest BCUT2D eigenvalue weighted by Gasteiger charge is 2.48. The lowest BCUT2D eigenvalue weighted by Crippen LogP contribution is -2.46. The molecule has 2 aliphatic rings. The summed E-state index contributed by atoms with van der Waals surface area (Å²) in [5, 5.41) is 15.8. The lowest BCUT2D eigenvalue weighted by atomic mass is 9.96. The average molecular weight is 1050 g/mol. The number of amides is 1. The first kappa shape index (κ1) is 52.3. The van der Waals surface area contributed by atoms with Crippen molar-refractivity contribution in [3.63, 3.8) is 0 Å². The van der Waals surface area contributed by atoms with E-state index in [1.165, 1.54) is 36.0 Å². The lowest BCUT2D eigenvalue weighted by Gasteiger charge is -2.37. The third kappa shape index (κ3) is 11.7. The van der Waals surface area contributed by atoms with Gasteiger partial charge < -0.3 is 35.0 Å². The van der Waals surface area contributed by atoms with Gasteiger partial charge in [0.25, 0.3) is 25.8 Å². The Hall–Kier alpha value is -6.06. The minimum absolute atomic E-state index is 0.118. The first-order valence-corrected chi connectivity index (χ1v) is 27.5. The molecule has 1 unspecified atom stereocenters. The Morgan fingerprint density at radius 1 is 0.792 bits per heavy atom. The number of benzene rings is 5. The number of thioether (sulfide) groups is 1. The molecular weight excluding hydrogens is 991 g/mol. The first-order chi connectivity index (χ1) is 34.3. The molecule has 72 heavy (non-hydrogen) atoms. The number of rotatable bonds is 17. The van der Waals surface area contributed by atoms with Gasteiger partial charge in [-0.3, -0.25) is 9.52 Å². The molecule has 0 aliphatic carbocycles. The monoisotopic (exact) mass is 1050 g/mol. The number of aliphatic hydroxyl groups excluding tert-OH is 1. The fourth-order valence-electron chi connectivity index (χ4n) is 9.22. The Labute approximate surface area is 422 Å². The second-order valence-corrected chi connectivity index (χ2v) is 22.6. The molecule has 0 spiro atoms. The number of likely N-dealkylation sites (tertiary alicyclic amines) is 1. The highest BCUT2D eigenvalue weighted by atomic mass is 32.2. The van der Waals surface area contributed by atoms with Crippen molar-refractivity contribution in [2.24, 2.45) is 7.05 Å². The summed E-state index contributed by atoms with van der Waals surface area (Å²) in [7, 11) is -7.15. The molecule has 1 amide bonds. The van der Waals surface area contributed by atoms with E-state index in [1.54, 1.807) is 31.3 Å². The number of sulfone groups is 1. The number of aliphatic hydroxyl groups is 1. The molecule has 5 aromatic carbocycles. The molecule has 6 aromatic rings. The maximum absolute atomic E-state index is 14.3. The van der Waals surface area contributed by atoms with Gasteiger partial charge in [-0.1, -0.05) is 30.3 Å². The van der Waals surface area contributed by atoms with Crippen molar-refractivity contribution in [2.75, 3.05) is 78.5 Å². The summed E-state index contributed by atoms with van der Waals surface area (Å²) in [5.41, 5.74) is 0.165. The van der Waals surface area contributed by atoms with E-state index >= 15 is 0 Å². The third-order valence-corrected chi connectivity index (χ3v) is 17.4. The van der Waals surface area contributed by atoms with Crippen LogP contribution in [-0.4, -0.2) is 114 Å². The Morgan fingerprint density at radius 2 is 1.44 bits per heavy atom. The van der Waals surface area contributed by atoms with Crippen LogP contribution in [0.2, 0.25) is 0 Å². The molecule has 20 heteroatoms. The number of sulfonamides is 1. The molecule has 0 radical (unpaired) electrons. The van der Waals surface area contributed by atoms with Crippen LogP contribution in [0.1, 0.15) is 35.3 Å². The zero-order valence-corrected chi connectivity index (χ0v) is 42.4. The molecule has 4 N–H and O–H groups in total. The number of hydrogen-bond donors (Lipinski definition) is 4. The molecule has 3 heterocycles. The van der Waals surface area contributed by atoms with Crippen LogP contribution in [-0.2, 0) is 26.9 Å². The topological polar surface area (TPSA) is 156 Å². The highest BCUT2D eigenvalue weighted by Crippen LogP contribution is 2.41. The summed E-state index contributed by atoms with van der Waals surface area (Å²) in [6.45, 7) is 6.18. The molecule has 1 atom stereocenters. The number of carbonyl (C=O) groups excluding carboxylic acids is 1. The van der Waals surface area contributed by atoms with Crippen LogP contribution in [0.25, 0.3) is 22.4 Å².